The van der Waals surface area contributed by atoms with E-state index in [9.17, 15) is 22.0 Å². The van der Waals surface area contributed by atoms with Gasteiger partial charge in [-0.3, -0.25) is 4.79 Å². The molecule has 3 rings (SSSR count). The lowest BCUT2D eigenvalue weighted by atomic mass is 10.3. The third-order valence-electron chi connectivity index (χ3n) is 3.53. The van der Waals surface area contributed by atoms with E-state index in [0.29, 0.717) is 5.16 Å². The molecule has 0 saturated carbocycles. The summed E-state index contributed by atoms with van der Waals surface area (Å²) < 4.78 is 50.6. The Morgan fingerprint density at radius 2 is 1.79 bits per heavy atom. The van der Waals surface area contributed by atoms with Crippen molar-refractivity contribution in [2.24, 2.45) is 0 Å². The number of sulfone groups is 1. The van der Waals surface area contributed by atoms with Crippen LogP contribution in [0, 0.1) is 0 Å². The highest BCUT2D eigenvalue weighted by molar-refractivity contribution is 7.99. The van der Waals surface area contributed by atoms with Crippen LogP contribution in [0.5, 0.6) is 0 Å². The number of carbonyl (C=O) groups excluding carboxylic acids is 1. The number of hydrogen-bond acceptors (Lipinski definition) is 6. The smallest absolute Gasteiger partial charge is 0.324 e. The molecule has 1 amide bonds. The van der Waals surface area contributed by atoms with Gasteiger partial charge in [-0.25, -0.2) is 18.1 Å². The third kappa shape index (κ3) is 4.54. The van der Waals surface area contributed by atoms with Crippen molar-refractivity contribution in [2.75, 3.05) is 11.1 Å². The van der Waals surface area contributed by atoms with Crippen LogP contribution in [0.15, 0.2) is 71.0 Å². The van der Waals surface area contributed by atoms with Gasteiger partial charge < -0.3 is 5.32 Å². The normalized spacial score (nSPS) is 11.5. The van der Waals surface area contributed by atoms with E-state index >= 15 is 0 Å². The molecule has 0 aliphatic heterocycles. The minimum Gasteiger partial charge on any atom is -0.324 e. The van der Waals surface area contributed by atoms with Crippen molar-refractivity contribution in [2.45, 2.75) is 15.8 Å². The van der Waals surface area contributed by atoms with Crippen LogP contribution in [-0.2, 0) is 14.6 Å². The third-order valence-corrected chi connectivity index (χ3v) is 5.82. The topological polar surface area (TPSA) is 93.9 Å². The second-order valence-corrected chi connectivity index (χ2v) is 8.27. The fourth-order valence-corrected chi connectivity index (χ4v) is 3.74. The molecule has 0 saturated heterocycles. The van der Waals surface area contributed by atoms with Crippen molar-refractivity contribution >= 4 is 33.2 Å². The fraction of sp³-hybridized carbons (Fsp3) is 0.118. The lowest BCUT2D eigenvalue weighted by Gasteiger charge is -2.10. The molecule has 0 bridgehead atoms. The number of halogens is 2. The Kier molecular flexibility index (Phi) is 6.05. The Bertz CT molecular complexity index is 1070. The first-order valence-corrected chi connectivity index (χ1v) is 10.4. The summed E-state index contributed by atoms with van der Waals surface area (Å²) in [6.45, 7) is 0. The van der Waals surface area contributed by atoms with Crippen molar-refractivity contribution in [1.82, 2.24) is 14.8 Å². The monoisotopic (exact) mass is 424 g/mol. The van der Waals surface area contributed by atoms with E-state index in [1.54, 1.807) is 4.68 Å². The summed E-state index contributed by atoms with van der Waals surface area (Å²) in [5, 5.41) is 6.92. The first kappa shape index (κ1) is 20.0. The van der Waals surface area contributed by atoms with Crippen LogP contribution >= 0.6 is 11.8 Å². The average molecular weight is 424 g/mol. The second-order valence-electron chi connectivity index (χ2n) is 5.45. The molecule has 3 aromatic rings. The molecule has 0 fully saturated rings. The molecule has 11 heteroatoms. The summed E-state index contributed by atoms with van der Waals surface area (Å²) >= 11 is 1.03. The molecule has 0 aliphatic rings. The minimum absolute atomic E-state index is 0.123. The lowest BCUT2D eigenvalue weighted by Crippen LogP contribution is -2.19. The number of rotatable bonds is 7. The minimum atomic E-state index is -4.83. The number of anilines is 1. The Labute approximate surface area is 163 Å². The Balaban J connectivity index is 1.66. The summed E-state index contributed by atoms with van der Waals surface area (Å²) in [4.78, 5) is 15.6. The number of alkyl halides is 2. The molecule has 1 heterocycles. The Hall–Kier alpha value is -2.79. The number of para-hydroxylation sites is 2. The molecule has 0 atom stereocenters. The van der Waals surface area contributed by atoms with Gasteiger partial charge in [0.05, 0.1) is 22.0 Å². The van der Waals surface area contributed by atoms with Crippen molar-refractivity contribution < 1.29 is 22.0 Å². The summed E-state index contributed by atoms with van der Waals surface area (Å²) in [5.41, 5.74) is 0.605. The van der Waals surface area contributed by atoms with Crippen LogP contribution in [0.3, 0.4) is 0 Å². The zero-order valence-corrected chi connectivity index (χ0v) is 15.8. The summed E-state index contributed by atoms with van der Waals surface area (Å²) in [7, 11) is -4.83. The number of aromatic nitrogens is 3. The van der Waals surface area contributed by atoms with Gasteiger partial charge in [0.15, 0.2) is 0 Å². The van der Waals surface area contributed by atoms with Gasteiger partial charge in [-0.2, -0.15) is 8.78 Å². The van der Waals surface area contributed by atoms with E-state index in [-0.39, 0.29) is 11.4 Å². The van der Waals surface area contributed by atoms with Gasteiger partial charge in [0.2, 0.25) is 20.9 Å². The summed E-state index contributed by atoms with van der Waals surface area (Å²) in [6, 6.07) is 14.3. The van der Waals surface area contributed by atoms with Crippen LogP contribution in [0.1, 0.15) is 0 Å². The van der Waals surface area contributed by atoms with Gasteiger partial charge in [0.25, 0.3) is 0 Å². The zero-order valence-electron chi connectivity index (χ0n) is 14.2. The Morgan fingerprint density at radius 3 is 2.50 bits per heavy atom. The van der Waals surface area contributed by atoms with Gasteiger partial charge in [0.1, 0.15) is 6.33 Å². The SMILES string of the molecule is O=C(CSc1ncn(-c2ccccc2)n1)Nc1ccccc1S(=O)(=O)C(F)F. The summed E-state index contributed by atoms with van der Waals surface area (Å²) in [5.74, 6) is -4.27. The van der Waals surface area contributed by atoms with Crippen LogP contribution in [0.2, 0.25) is 0 Å². The highest BCUT2D eigenvalue weighted by Gasteiger charge is 2.29. The molecule has 0 aliphatic carbocycles. The summed E-state index contributed by atoms with van der Waals surface area (Å²) in [6.07, 6.45) is 1.50. The predicted octanol–water partition coefficient (Wildman–Crippen LogP) is 2.99. The number of benzene rings is 2. The molecule has 0 unspecified atom stereocenters. The van der Waals surface area contributed by atoms with Gasteiger partial charge in [0, 0.05) is 0 Å². The number of amides is 1. The standard InChI is InChI=1S/C17H14F2N4O3S2/c18-16(19)28(25,26)14-9-5-4-8-13(14)21-15(24)10-27-17-20-11-23(22-17)12-6-2-1-3-7-12/h1-9,11,16H,10H2,(H,21,24). The number of nitrogens with zero attached hydrogens (tertiary/aromatic N) is 3. The molecule has 1 N–H and O–H groups in total. The molecular formula is C17H14F2N4O3S2. The zero-order chi connectivity index (χ0) is 20.1. The predicted molar refractivity (Wildman–Crippen MR) is 100 cm³/mol. The van der Waals surface area contributed by atoms with Gasteiger partial charge in [-0.15, -0.1) is 5.10 Å². The molecule has 7 nitrogen and oxygen atoms in total. The number of thioether (sulfide) groups is 1. The first-order valence-electron chi connectivity index (χ1n) is 7.89. The van der Waals surface area contributed by atoms with Gasteiger partial charge >= 0.3 is 5.76 Å². The van der Waals surface area contributed by atoms with E-state index < -0.39 is 26.4 Å². The van der Waals surface area contributed by atoms with E-state index in [4.69, 9.17) is 0 Å². The Morgan fingerprint density at radius 1 is 1.11 bits per heavy atom. The maximum atomic E-state index is 12.8. The molecule has 0 radical (unpaired) electrons. The van der Waals surface area contributed by atoms with Gasteiger partial charge in [-0.05, 0) is 24.3 Å². The van der Waals surface area contributed by atoms with Crippen LogP contribution in [0.4, 0.5) is 14.5 Å². The molecule has 1 aromatic heterocycles. The lowest BCUT2D eigenvalue weighted by molar-refractivity contribution is -0.113. The number of nitrogens with one attached hydrogen (secondary N) is 1. The highest BCUT2D eigenvalue weighted by atomic mass is 32.2. The van der Waals surface area contributed by atoms with Crippen molar-refractivity contribution in [3.8, 4) is 5.69 Å². The molecule has 28 heavy (non-hydrogen) atoms. The van der Waals surface area contributed by atoms with E-state index in [1.165, 1.54) is 24.5 Å². The van der Waals surface area contributed by atoms with E-state index in [1.807, 2.05) is 30.3 Å². The molecular weight excluding hydrogens is 410 g/mol. The van der Waals surface area contributed by atoms with Crippen LogP contribution in [0.25, 0.3) is 5.69 Å². The first-order chi connectivity index (χ1) is 13.4. The van der Waals surface area contributed by atoms with Gasteiger partial charge in [-0.1, -0.05) is 42.1 Å². The molecule has 2 aromatic carbocycles. The van der Waals surface area contributed by atoms with Crippen molar-refractivity contribution in [3.63, 3.8) is 0 Å². The van der Waals surface area contributed by atoms with Crippen LogP contribution in [-0.4, -0.2) is 40.6 Å². The quantitative estimate of drug-likeness (QED) is 0.586. The van der Waals surface area contributed by atoms with Crippen molar-refractivity contribution in [3.05, 3.63) is 60.9 Å². The van der Waals surface area contributed by atoms with E-state index in [0.717, 1.165) is 23.5 Å². The average Bonchev–Trinajstić information content (AvgIpc) is 3.16. The maximum Gasteiger partial charge on any atom is 0.341 e. The maximum absolute atomic E-state index is 12.8. The molecule has 146 valence electrons. The second kappa shape index (κ2) is 8.48. The molecule has 0 spiro atoms. The van der Waals surface area contributed by atoms with Crippen molar-refractivity contribution in [1.29, 1.82) is 0 Å². The highest BCUT2D eigenvalue weighted by Crippen LogP contribution is 2.26. The number of hydrogen-bond donors (Lipinski definition) is 1. The largest absolute Gasteiger partial charge is 0.341 e. The fourth-order valence-electron chi connectivity index (χ4n) is 2.25. The van der Waals surface area contributed by atoms with E-state index in [2.05, 4.69) is 15.4 Å². The number of carbonyl (C=O) groups is 1. The van der Waals surface area contributed by atoms with Crippen LogP contribution < -0.4 is 5.32 Å².